The molecule has 0 aliphatic carbocycles. The molecule has 0 aromatic carbocycles. The summed E-state index contributed by atoms with van der Waals surface area (Å²) < 4.78 is 39.2. The molecule has 1 rings (SSSR count). The highest BCUT2D eigenvalue weighted by molar-refractivity contribution is 5.18. The van der Waals surface area contributed by atoms with Crippen molar-refractivity contribution in [1.29, 1.82) is 0 Å². The van der Waals surface area contributed by atoms with Gasteiger partial charge in [0, 0.05) is 24.8 Å². The van der Waals surface area contributed by atoms with Gasteiger partial charge in [-0.15, -0.1) is 0 Å². The normalized spacial score (nSPS) is 16.1. The van der Waals surface area contributed by atoms with Crippen molar-refractivity contribution in [1.82, 2.24) is 9.78 Å². The van der Waals surface area contributed by atoms with E-state index in [0.29, 0.717) is 6.54 Å². The predicted molar refractivity (Wildman–Crippen MR) is 51.5 cm³/mol. The standard InChI is InChI=1S/C9H14F3N3O/c1-2-3-15-5-7(4-14-15)8(16,6-13)9(10,11)12/h4-5,16H,2-3,6,13H2,1H3. The Bertz CT molecular complexity index is 350. The van der Waals surface area contributed by atoms with Gasteiger partial charge in [0.15, 0.2) is 0 Å². The molecule has 1 atom stereocenters. The summed E-state index contributed by atoms with van der Waals surface area (Å²) in [6, 6.07) is 0. The number of rotatable bonds is 4. The minimum Gasteiger partial charge on any atom is -0.375 e. The van der Waals surface area contributed by atoms with Crippen LogP contribution in [0.15, 0.2) is 12.4 Å². The van der Waals surface area contributed by atoms with Crippen molar-refractivity contribution in [2.75, 3.05) is 6.54 Å². The molecule has 1 aromatic rings. The molecule has 92 valence electrons. The van der Waals surface area contributed by atoms with E-state index in [2.05, 4.69) is 5.10 Å². The summed E-state index contributed by atoms with van der Waals surface area (Å²) in [5.41, 5.74) is 1.66. The molecule has 1 aromatic heterocycles. The van der Waals surface area contributed by atoms with Crippen LogP contribution >= 0.6 is 0 Å². The third-order valence-corrected chi connectivity index (χ3v) is 2.33. The number of alkyl halides is 3. The lowest BCUT2D eigenvalue weighted by atomic mass is 9.96. The summed E-state index contributed by atoms with van der Waals surface area (Å²) in [7, 11) is 0. The fourth-order valence-electron chi connectivity index (χ4n) is 1.33. The Hall–Kier alpha value is -1.08. The Morgan fingerprint density at radius 3 is 2.56 bits per heavy atom. The molecule has 0 saturated heterocycles. The summed E-state index contributed by atoms with van der Waals surface area (Å²) in [5, 5.41) is 13.2. The van der Waals surface area contributed by atoms with Crippen LogP contribution in [-0.4, -0.2) is 27.6 Å². The van der Waals surface area contributed by atoms with Crippen LogP contribution in [0.25, 0.3) is 0 Å². The van der Waals surface area contributed by atoms with Crippen molar-refractivity contribution in [2.45, 2.75) is 31.7 Å². The molecule has 0 saturated carbocycles. The summed E-state index contributed by atoms with van der Waals surface area (Å²) in [6.45, 7) is 1.45. The minimum absolute atomic E-state index is 0.323. The number of hydrogen-bond donors (Lipinski definition) is 2. The maximum Gasteiger partial charge on any atom is 0.422 e. The largest absolute Gasteiger partial charge is 0.422 e. The first-order chi connectivity index (χ1) is 7.35. The Morgan fingerprint density at radius 2 is 2.12 bits per heavy atom. The molecule has 0 amide bonds. The van der Waals surface area contributed by atoms with Gasteiger partial charge in [0.2, 0.25) is 5.60 Å². The highest BCUT2D eigenvalue weighted by Gasteiger charge is 2.54. The number of halogens is 3. The zero-order chi connectivity index (χ0) is 12.4. The average Bonchev–Trinajstić information content (AvgIpc) is 2.64. The lowest BCUT2D eigenvalue weighted by Crippen LogP contribution is -2.48. The highest BCUT2D eigenvalue weighted by atomic mass is 19.4. The molecule has 1 heterocycles. The van der Waals surface area contributed by atoms with Crippen molar-refractivity contribution < 1.29 is 18.3 Å². The highest BCUT2D eigenvalue weighted by Crippen LogP contribution is 2.37. The van der Waals surface area contributed by atoms with Crippen LogP contribution in [0.5, 0.6) is 0 Å². The van der Waals surface area contributed by atoms with Crippen LogP contribution in [0.2, 0.25) is 0 Å². The zero-order valence-corrected chi connectivity index (χ0v) is 8.83. The minimum atomic E-state index is -4.80. The molecular formula is C9H14F3N3O. The molecule has 0 bridgehead atoms. The van der Waals surface area contributed by atoms with E-state index in [1.165, 1.54) is 10.9 Å². The summed E-state index contributed by atoms with van der Waals surface area (Å²) in [4.78, 5) is 0. The summed E-state index contributed by atoms with van der Waals surface area (Å²) >= 11 is 0. The quantitative estimate of drug-likeness (QED) is 0.821. The first kappa shape index (κ1) is 13.0. The number of nitrogens with two attached hydrogens (primary N) is 1. The molecule has 0 radical (unpaired) electrons. The van der Waals surface area contributed by atoms with Gasteiger partial charge in [-0.05, 0) is 6.42 Å². The van der Waals surface area contributed by atoms with E-state index in [-0.39, 0.29) is 5.56 Å². The molecule has 4 nitrogen and oxygen atoms in total. The van der Waals surface area contributed by atoms with Crippen molar-refractivity contribution in [3.63, 3.8) is 0 Å². The SMILES string of the molecule is CCCn1cc(C(O)(CN)C(F)(F)F)cn1. The topological polar surface area (TPSA) is 64.1 Å². The van der Waals surface area contributed by atoms with Gasteiger partial charge in [0.05, 0.1) is 6.20 Å². The predicted octanol–water partition coefficient (Wildman–Crippen LogP) is 1.00. The van der Waals surface area contributed by atoms with Gasteiger partial charge in [0.1, 0.15) is 0 Å². The molecule has 0 spiro atoms. The summed E-state index contributed by atoms with van der Waals surface area (Å²) in [6.07, 6.45) is -1.89. The smallest absolute Gasteiger partial charge is 0.375 e. The third-order valence-electron chi connectivity index (χ3n) is 2.33. The van der Waals surface area contributed by atoms with Gasteiger partial charge in [0.25, 0.3) is 0 Å². The third kappa shape index (κ3) is 2.19. The number of aliphatic hydroxyl groups is 1. The number of aromatic nitrogens is 2. The van der Waals surface area contributed by atoms with Crippen LogP contribution in [-0.2, 0) is 12.1 Å². The second-order valence-electron chi connectivity index (χ2n) is 3.55. The van der Waals surface area contributed by atoms with Gasteiger partial charge in [-0.2, -0.15) is 18.3 Å². The Kier molecular flexibility index (Phi) is 3.59. The fraction of sp³-hybridized carbons (Fsp3) is 0.667. The molecule has 7 heteroatoms. The van der Waals surface area contributed by atoms with E-state index in [9.17, 15) is 18.3 Å². The van der Waals surface area contributed by atoms with Crippen LogP contribution in [0.1, 0.15) is 18.9 Å². The number of hydrogen-bond acceptors (Lipinski definition) is 3. The van der Waals surface area contributed by atoms with E-state index < -0.39 is 18.3 Å². The first-order valence-electron chi connectivity index (χ1n) is 4.87. The number of nitrogens with zero attached hydrogens (tertiary/aromatic N) is 2. The monoisotopic (exact) mass is 237 g/mol. The molecule has 1 unspecified atom stereocenters. The second-order valence-corrected chi connectivity index (χ2v) is 3.55. The van der Waals surface area contributed by atoms with Crippen LogP contribution < -0.4 is 5.73 Å². The van der Waals surface area contributed by atoms with Crippen LogP contribution in [0.4, 0.5) is 13.2 Å². The Balaban J connectivity index is 3.04. The molecule has 3 N–H and O–H groups in total. The lowest BCUT2D eigenvalue weighted by Gasteiger charge is -2.27. The lowest BCUT2D eigenvalue weighted by molar-refractivity contribution is -0.262. The van der Waals surface area contributed by atoms with Gasteiger partial charge < -0.3 is 10.8 Å². The zero-order valence-electron chi connectivity index (χ0n) is 8.83. The van der Waals surface area contributed by atoms with Gasteiger partial charge in [-0.25, -0.2) is 0 Å². The van der Waals surface area contributed by atoms with Gasteiger partial charge >= 0.3 is 6.18 Å². The molecular weight excluding hydrogens is 223 g/mol. The van der Waals surface area contributed by atoms with Crippen molar-refractivity contribution in [2.24, 2.45) is 5.73 Å². The maximum atomic E-state index is 12.6. The summed E-state index contributed by atoms with van der Waals surface area (Å²) in [5.74, 6) is 0. The molecule has 0 fully saturated rings. The van der Waals surface area contributed by atoms with E-state index in [0.717, 1.165) is 12.6 Å². The van der Waals surface area contributed by atoms with Crippen molar-refractivity contribution in [3.8, 4) is 0 Å². The van der Waals surface area contributed by atoms with Crippen molar-refractivity contribution in [3.05, 3.63) is 18.0 Å². The molecule has 0 aliphatic rings. The van der Waals surface area contributed by atoms with E-state index >= 15 is 0 Å². The Labute approximate surface area is 90.9 Å². The molecule has 0 aliphatic heterocycles. The molecule has 16 heavy (non-hydrogen) atoms. The maximum absolute atomic E-state index is 12.6. The Morgan fingerprint density at radius 1 is 1.50 bits per heavy atom. The van der Waals surface area contributed by atoms with E-state index in [1.807, 2.05) is 6.92 Å². The average molecular weight is 237 g/mol. The fourth-order valence-corrected chi connectivity index (χ4v) is 1.33. The van der Waals surface area contributed by atoms with E-state index in [1.54, 1.807) is 0 Å². The van der Waals surface area contributed by atoms with Gasteiger partial charge in [-0.1, -0.05) is 6.92 Å². The number of aryl methyl sites for hydroxylation is 1. The van der Waals surface area contributed by atoms with Gasteiger partial charge in [-0.3, -0.25) is 4.68 Å². The van der Waals surface area contributed by atoms with Crippen LogP contribution in [0, 0.1) is 0 Å². The first-order valence-corrected chi connectivity index (χ1v) is 4.87. The second kappa shape index (κ2) is 4.42. The van der Waals surface area contributed by atoms with Crippen LogP contribution in [0.3, 0.4) is 0 Å². The van der Waals surface area contributed by atoms with E-state index in [4.69, 9.17) is 5.73 Å². The van der Waals surface area contributed by atoms with Crippen molar-refractivity contribution >= 4 is 0 Å².